The number of ether oxygens (including phenoxy) is 2. The first-order valence-corrected chi connectivity index (χ1v) is 6.65. The Hall–Kier alpha value is -0.720. The molecule has 84 valence electrons. The van der Waals surface area contributed by atoms with E-state index in [9.17, 15) is 9.18 Å². The molecular weight excluding hydrogens is 314 g/mol. The second kappa shape index (κ2) is 4.87. The van der Waals surface area contributed by atoms with Crippen LogP contribution in [-0.2, 0) is 9.47 Å². The van der Waals surface area contributed by atoms with Crippen molar-refractivity contribution in [1.29, 1.82) is 0 Å². The van der Waals surface area contributed by atoms with Crippen molar-refractivity contribution in [3.05, 3.63) is 22.0 Å². The van der Waals surface area contributed by atoms with Crippen molar-refractivity contribution in [2.45, 2.75) is 26.4 Å². The lowest BCUT2D eigenvalue weighted by Crippen LogP contribution is -2.24. The number of halogens is 2. The molecule has 3 nitrogen and oxygen atoms in total. The lowest BCUT2D eigenvalue weighted by molar-refractivity contribution is 0.00847. The number of allylic oxidation sites excluding steroid dienone is 3. The number of hydrogen-bond donors (Lipinski definition) is 0. The highest BCUT2D eigenvalue weighted by Gasteiger charge is 2.20. The Labute approximate surface area is 97.7 Å². The third-order valence-electron chi connectivity index (χ3n) is 1.25. The van der Waals surface area contributed by atoms with Crippen molar-refractivity contribution in [2.24, 2.45) is 0 Å². The number of rotatable bonds is 1. The molecule has 5 heteroatoms. The van der Waals surface area contributed by atoms with Gasteiger partial charge in [-0.3, -0.25) is 0 Å². The van der Waals surface area contributed by atoms with Gasteiger partial charge in [-0.1, -0.05) is 6.08 Å². The van der Waals surface area contributed by atoms with Crippen LogP contribution in [0.5, 0.6) is 0 Å². The molecule has 1 aliphatic heterocycles. The van der Waals surface area contributed by atoms with Crippen LogP contribution in [0.2, 0.25) is 0 Å². The minimum absolute atomic E-state index is 0.0282. The predicted octanol–water partition coefficient (Wildman–Crippen LogP) is 3.42. The van der Waals surface area contributed by atoms with Crippen LogP contribution in [0.1, 0.15) is 20.8 Å². The first-order valence-electron chi connectivity index (χ1n) is 4.32. The Morgan fingerprint density at radius 3 is 2.67 bits per heavy atom. The molecule has 0 N–H and O–H groups in total. The van der Waals surface area contributed by atoms with Crippen molar-refractivity contribution in [2.75, 3.05) is 0 Å². The predicted molar refractivity (Wildman–Crippen MR) is 64.7 cm³/mol. The maximum atomic E-state index is 13.2. The van der Waals surface area contributed by atoms with Gasteiger partial charge in [-0.05, 0) is 51.7 Å². The minimum atomic E-state index is -0.872. The number of carbonyl (C=O) groups is 1. The van der Waals surface area contributed by atoms with E-state index in [0.717, 1.165) is 0 Å². The quantitative estimate of drug-likeness (QED) is 0.547. The summed E-state index contributed by atoms with van der Waals surface area (Å²) in [7, 11) is 0. The fraction of sp³-hybridized carbons (Fsp3) is 0.400. The highest BCUT2D eigenvalue weighted by Crippen LogP contribution is 2.19. The van der Waals surface area contributed by atoms with E-state index >= 15 is 0 Å². The lowest BCUT2D eigenvalue weighted by Gasteiger charge is -2.19. The average molecular weight is 326 g/mol. The smallest absolute Gasteiger partial charge is 0.428 e. The summed E-state index contributed by atoms with van der Waals surface area (Å²) in [4.78, 5) is 11.2. The van der Waals surface area contributed by atoms with Gasteiger partial charge in [-0.2, -0.15) is 4.39 Å². The molecule has 0 radical (unpaired) electrons. The van der Waals surface area contributed by atoms with Crippen LogP contribution in [0.4, 0.5) is 9.18 Å². The molecule has 1 rings (SSSR count). The van der Waals surface area contributed by atoms with E-state index in [1.165, 1.54) is 6.08 Å². The Morgan fingerprint density at radius 1 is 1.47 bits per heavy atom. The van der Waals surface area contributed by atoms with E-state index in [4.69, 9.17) is 9.47 Å². The van der Waals surface area contributed by atoms with Gasteiger partial charge in [-0.25, -0.2) is 4.79 Å². The summed E-state index contributed by atoms with van der Waals surface area (Å²) < 4.78 is 24.2. The first-order chi connectivity index (χ1) is 6.88. The molecule has 0 spiro atoms. The molecule has 0 saturated carbocycles. The summed E-state index contributed by atoms with van der Waals surface area (Å²) >= 11 is -0.786. The summed E-state index contributed by atoms with van der Waals surface area (Å²) in [5.41, 5.74) is -0.631. The summed E-state index contributed by atoms with van der Waals surface area (Å²) in [6.45, 7) is 5.16. The van der Waals surface area contributed by atoms with E-state index < -0.39 is 32.5 Å². The molecule has 0 aromatic heterocycles. The van der Waals surface area contributed by atoms with Crippen LogP contribution >= 0.6 is 20.7 Å². The number of hydrogen-bond acceptors (Lipinski definition) is 3. The Morgan fingerprint density at radius 2 is 2.13 bits per heavy atom. The molecule has 0 aromatic carbocycles. The molecule has 1 heterocycles. The molecule has 0 saturated heterocycles. The first kappa shape index (κ1) is 12.4. The molecule has 0 bridgehead atoms. The van der Waals surface area contributed by atoms with Gasteiger partial charge in [0.1, 0.15) is 5.60 Å². The monoisotopic (exact) mass is 326 g/mol. The standard InChI is InChI=1S/C10H12FIO3/c1-10(2,3)15-9(13)14-7-5-4-6-12-8(7)11/h4-6H,1-3H3. The van der Waals surface area contributed by atoms with Crippen molar-refractivity contribution in [3.8, 4) is 0 Å². The van der Waals surface area contributed by atoms with Gasteiger partial charge in [-0.15, -0.1) is 0 Å². The molecule has 0 aliphatic carbocycles. The summed E-state index contributed by atoms with van der Waals surface area (Å²) in [6, 6.07) is 0. The molecule has 15 heavy (non-hydrogen) atoms. The fourth-order valence-corrected chi connectivity index (χ4v) is 2.09. The molecule has 0 atom stereocenters. The second-order valence-corrected chi connectivity index (χ2v) is 6.07. The molecule has 0 fully saturated rings. The van der Waals surface area contributed by atoms with Gasteiger partial charge in [0.05, 0.1) is 0 Å². The van der Waals surface area contributed by atoms with E-state index in [2.05, 4.69) is 0 Å². The van der Waals surface area contributed by atoms with Gasteiger partial charge < -0.3 is 9.47 Å². The van der Waals surface area contributed by atoms with Crippen LogP contribution in [0.3, 0.4) is 0 Å². The maximum Gasteiger partial charge on any atom is 0.514 e. The van der Waals surface area contributed by atoms with Crippen molar-refractivity contribution in [3.63, 3.8) is 0 Å². The Bertz CT molecular complexity index is 350. The van der Waals surface area contributed by atoms with Crippen molar-refractivity contribution in [1.82, 2.24) is 0 Å². The van der Waals surface area contributed by atoms with Gasteiger partial charge in [0.2, 0.25) is 0 Å². The minimum Gasteiger partial charge on any atom is -0.428 e. The van der Waals surface area contributed by atoms with Crippen molar-refractivity contribution < 1.29 is 18.7 Å². The van der Waals surface area contributed by atoms with Gasteiger partial charge in [0.25, 0.3) is 0 Å². The van der Waals surface area contributed by atoms with Crippen LogP contribution in [0.25, 0.3) is 0 Å². The van der Waals surface area contributed by atoms with E-state index in [1.807, 2.05) is 0 Å². The zero-order valence-corrected chi connectivity index (χ0v) is 10.9. The normalized spacial score (nSPS) is 16.0. The third kappa shape index (κ3) is 4.55. The van der Waals surface area contributed by atoms with Crippen molar-refractivity contribution >= 4 is 30.6 Å². The zero-order chi connectivity index (χ0) is 11.5. The molecule has 0 amide bonds. The highest BCUT2D eigenvalue weighted by molar-refractivity contribution is 14.2. The molecular formula is C10H12FIO3. The topological polar surface area (TPSA) is 35.5 Å². The molecule has 0 aromatic rings. The third-order valence-corrected chi connectivity index (χ3v) is 3.10. The SMILES string of the molecule is CC(C)(C)OC(=O)OC1=CC=CI=C1F. The Balaban J connectivity index is 2.57. The van der Waals surface area contributed by atoms with Gasteiger partial charge >= 0.3 is 6.16 Å². The Kier molecular flexibility index (Phi) is 4.01. The van der Waals surface area contributed by atoms with Gasteiger partial charge in [0, 0.05) is 0 Å². The van der Waals surface area contributed by atoms with Gasteiger partial charge in [0.15, 0.2) is 9.52 Å². The second-order valence-electron chi connectivity index (χ2n) is 3.79. The lowest BCUT2D eigenvalue weighted by atomic mass is 10.2. The van der Waals surface area contributed by atoms with Crippen LogP contribution in [0.15, 0.2) is 22.0 Å². The van der Waals surface area contributed by atoms with E-state index in [-0.39, 0.29) is 9.52 Å². The summed E-state index contributed by atoms with van der Waals surface area (Å²) in [5, 5.41) is 0. The zero-order valence-electron chi connectivity index (χ0n) is 8.71. The van der Waals surface area contributed by atoms with E-state index in [0.29, 0.717) is 0 Å². The number of carbonyl (C=O) groups excluding carboxylic acids is 1. The largest absolute Gasteiger partial charge is 0.514 e. The molecule has 1 aliphatic rings. The van der Waals surface area contributed by atoms with Crippen LogP contribution in [-0.4, -0.2) is 15.5 Å². The summed E-state index contributed by atoms with van der Waals surface area (Å²) in [6.07, 6.45) is 2.22. The fourth-order valence-electron chi connectivity index (χ4n) is 0.765. The average Bonchev–Trinajstić information content (AvgIpc) is 2.05. The summed E-state index contributed by atoms with van der Waals surface area (Å²) in [5.74, 6) is -0.0282. The van der Waals surface area contributed by atoms with E-state index in [1.54, 1.807) is 30.9 Å². The molecule has 0 unspecified atom stereocenters. The van der Waals surface area contributed by atoms with Crippen LogP contribution in [0, 0.1) is 0 Å². The highest BCUT2D eigenvalue weighted by atomic mass is 127. The van der Waals surface area contributed by atoms with Crippen LogP contribution < -0.4 is 0 Å². The maximum absolute atomic E-state index is 13.2.